The smallest absolute Gasteiger partial charge is 0.182 e. The van der Waals surface area contributed by atoms with E-state index in [2.05, 4.69) is 89.7 Å². The van der Waals surface area contributed by atoms with Crippen LogP contribution in [-0.2, 0) is 5.41 Å². The van der Waals surface area contributed by atoms with Crippen molar-refractivity contribution in [1.82, 2.24) is 39.9 Å². The molecule has 0 saturated heterocycles. The number of nitrogens with zero attached hydrogens (tertiary/aromatic N) is 8. The van der Waals surface area contributed by atoms with Crippen LogP contribution < -0.4 is 0 Å². The van der Waals surface area contributed by atoms with Gasteiger partial charge in [-0.3, -0.25) is 9.97 Å². The van der Waals surface area contributed by atoms with Crippen molar-refractivity contribution in [2.45, 2.75) is 12.3 Å². The van der Waals surface area contributed by atoms with Gasteiger partial charge in [0.05, 0.1) is 0 Å². The second-order valence-electron chi connectivity index (χ2n) is 13.4. The third-order valence-corrected chi connectivity index (χ3v) is 9.91. The molecule has 8 heteroatoms. The van der Waals surface area contributed by atoms with Gasteiger partial charge in [-0.2, -0.15) is 0 Å². The van der Waals surface area contributed by atoms with Gasteiger partial charge in [-0.05, 0) is 47.9 Å². The maximum atomic E-state index is 4.93. The maximum absolute atomic E-state index is 4.93. The standard InChI is InChI=1S/C48H34N8/c1-48(37-19-9-4-10-20-37,38-27-23-35(24-28-38)44-51-42(33-15-5-2-6-16-33)53-46(55-44)40-21-11-13-31-49-40)39-29-25-36(26-30-39)45-52-43(34-17-7-3-8-18-34)54-47(56-45)41-22-12-14-32-50-41/h2-32H,1H3. The van der Waals surface area contributed by atoms with Gasteiger partial charge in [-0.1, -0.05) is 152 Å². The monoisotopic (exact) mass is 722 g/mol. The Bertz CT molecular complexity index is 2430. The fraction of sp³-hybridized carbons (Fsp3) is 0.0417. The van der Waals surface area contributed by atoms with Crippen molar-refractivity contribution in [2.24, 2.45) is 0 Å². The highest BCUT2D eigenvalue weighted by Gasteiger charge is 2.31. The molecule has 0 unspecified atom stereocenters. The molecule has 0 fully saturated rings. The minimum atomic E-state index is -0.501. The Balaban J connectivity index is 1.10. The predicted octanol–water partition coefficient (Wildman–Crippen LogP) is 10.2. The second kappa shape index (κ2) is 15.0. The lowest BCUT2D eigenvalue weighted by atomic mass is 9.71. The molecule has 266 valence electrons. The van der Waals surface area contributed by atoms with E-state index in [-0.39, 0.29) is 0 Å². The number of pyridine rings is 2. The lowest BCUT2D eigenvalue weighted by Gasteiger charge is -2.32. The summed E-state index contributed by atoms with van der Waals surface area (Å²) in [5.41, 5.74) is 7.84. The third-order valence-electron chi connectivity index (χ3n) is 9.91. The molecule has 9 aromatic rings. The van der Waals surface area contributed by atoms with Gasteiger partial charge in [-0.15, -0.1) is 0 Å². The molecule has 0 aliphatic rings. The fourth-order valence-electron chi connectivity index (χ4n) is 6.84. The highest BCUT2D eigenvalue weighted by molar-refractivity contribution is 5.68. The molecule has 8 nitrogen and oxygen atoms in total. The van der Waals surface area contributed by atoms with E-state index in [1.165, 1.54) is 0 Å². The highest BCUT2D eigenvalue weighted by atomic mass is 15.1. The van der Waals surface area contributed by atoms with Gasteiger partial charge in [-0.25, -0.2) is 29.9 Å². The topological polar surface area (TPSA) is 103 Å². The van der Waals surface area contributed by atoms with Crippen LogP contribution >= 0.6 is 0 Å². The predicted molar refractivity (Wildman–Crippen MR) is 220 cm³/mol. The van der Waals surface area contributed by atoms with Gasteiger partial charge in [0, 0.05) is 40.1 Å². The van der Waals surface area contributed by atoms with E-state index in [4.69, 9.17) is 29.9 Å². The van der Waals surface area contributed by atoms with Crippen LogP contribution in [0.5, 0.6) is 0 Å². The van der Waals surface area contributed by atoms with Crippen molar-refractivity contribution in [2.75, 3.05) is 0 Å². The van der Waals surface area contributed by atoms with Crippen LogP contribution in [0.3, 0.4) is 0 Å². The molecule has 0 aliphatic heterocycles. The Labute approximate surface area is 324 Å². The summed E-state index contributed by atoms with van der Waals surface area (Å²) in [6, 6.07) is 59.0. The molecule has 0 saturated carbocycles. The van der Waals surface area contributed by atoms with Crippen LogP contribution in [0.25, 0.3) is 68.6 Å². The molecule has 9 rings (SSSR count). The Morgan fingerprint density at radius 3 is 0.946 bits per heavy atom. The van der Waals surface area contributed by atoms with E-state index in [0.717, 1.165) is 38.9 Å². The van der Waals surface area contributed by atoms with E-state index >= 15 is 0 Å². The fourth-order valence-corrected chi connectivity index (χ4v) is 6.84. The molecule has 0 bridgehead atoms. The number of hydrogen-bond donors (Lipinski definition) is 0. The average molecular weight is 723 g/mol. The molecule has 4 aromatic heterocycles. The summed E-state index contributed by atoms with van der Waals surface area (Å²) in [7, 11) is 0. The van der Waals surface area contributed by atoms with Crippen molar-refractivity contribution >= 4 is 0 Å². The highest BCUT2D eigenvalue weighted by Crippen LogP contribution is 2.40. The van der Waals surface area contributed by atoms with Crippen molar-refractivity contribution in [3.8, 4) is 68.6 Å². The van der Waals surface area contributed by atoms with E-state index < -0.39 is 5.41 Å². The molecule has 0 radical (unpaired) electrons. The minimum absolute atomic E-state index is 0.501. The first-order valence-corrected chi connectivity index (χ1v) is 18.3. The van der Waals surface area contributed by atoms with Crippen LogP contribution in [0, 0.1) is 0 Å². The van der Waals surface area contributed by atoms with E-state index in [1.54, 1.807) is 12.4 Å². The molecular weight excluding hydrogens is 689 g/mol. The lowest BCUT2D eigenvalue weighted by Crippen LogP contribution is -2.25. The normalized spacial score (nSPS) is 11.3. The largest absolute Gasteiger partial charge is 0.253 e. The number of benzene rings is 5. The van der Waals surface area contributed by atoms with E-state index in [9.17, 15) is 0 Å². The molecular formula is C48H34N8. The lowest BCUT2D eigenvalue weighted by molar-refractivity contribution is 0.692. The van der Waals surface area contributed by atoms with Crippen molar-refractivity contribution in [3.05, 3.63) is 205 Å². The summed E-state index contributed by atoms with van der Waals surface area (Å²) >= 11 is 0. The molecule has 5 aromatic carbocycles. The zero-order chi connectivity index (χ0) is 37.7. The Hall–Kier alpha value is -7.58. The van der Waals surface area contributed by atoms with E-state index in [0.29, 0.717) is 46.3 Å². The van der Waals surface area contributed by atoms with Crippen LogP contribution in [0.4, 0.5) is 0 Å². The third kappa shape index (κ3) is 6.83. The molecule has 0 aliphatic carbocycles. The summed E-state index contributed by atoms with van der Waals surface area (Å²) in [5.74, 6) is 3.39. The Morgan fingerprint density at radius 1 is 0.286 bits per heavy atom. The number of aromatic nitrogens is 8. The first kappa shape index (κ1) is 34.2. The van der Waals surface area contributed by atoms with Crippen LogP contribution in [-0.4, -0.2) is 39.9 Å². The second-order valence-corrected chi connectivity index (χ2v) is 13.4. The Morgan fingerprint density at radius 2 is 0.589 bits per heavy atom. The van der Waals surface area contributed by atoms with Crippen molar-refractivity contribution in [3.63, 3.8) is 0 Å². The average Bonchev–Trinajstić information content (AvgIpc) is 3.30. The van der Waals surface area contributed by atoms with Crippen LogP contribution in [0.1, 0.15) is 23.6 Å². The van der Waals surface area contributed by atoms with Gasteiger partial charge >= 0.3 is 0 Å². The summed E-state index contributed by atoms with van der Waals surface area (Å²) < 4.78 is 0. The zero-order valence-electron chi connectivity index (χ0n) is 30.5. The SMILES string of the molecule is CC(c1ccccc1)(c1ccc(-c2nc(-c3ccccc3)nc(-c3ccccn3)n2)cc1)c1ccc(-c2nc(-c3ccccc3)nc(-c3ccccn3)n2)cc1. The molecule has 0 atom stereocenters. The summed E-state index contributed by atoms with van der Waals surface area (Å²) in [6.07, 6.45) is 3.50. The number of hydrogen-bond acceptors (Lipinski definition) is 8. The maximum Gasteiger partial charge on any atom is 0.182 e. The van der Waals surface area contributed by atoms with Gasteiger partial charge in [0.1, 0.15) is 11.4 Å². The van der Waals surface area contributed by atoms with Crippen LogP contribution in [0.2, 0.25) is 0 Å². The van der Waals surface area contributed by atoms with Gasteiger partial charge in [0.25, 0.3) is 0 Å². The molecule has 0 amide bonds. The Kier molecular flexibility index (Phi) is 9.19. The van der Waals surface area contributed by atoms with Gasteiger partial charge < -0.3 is 0 Å². The van der Waals surface area contributed by atoms with Crippen molar-refractivity contribution in [1.29, 1.82) is 0 Å². The quantitative estimate of drug-likeness (QED) is 0.136. The first-order valence-electron chi connectivity index (χ1n) is 18.3. The molecule has 0 spiro atoms. The minimum Gasteiger partial charge on any atom is -0.253 e. The zero-order valence-corrected chi connectivity index (χ0v) is 30.5. The van der Waals surface area contributed by atoms with Crippen molar-refractivity contribution < 1.29 is 0 Å². The molecule has 56 heavy (non-hydrogen) atoms. The van der Waals surface area contributed by atoms with Gasteiger partial charge in [0.15, 0.2) is 34.9 Å². The number of rotatable bonds is 9. The van der Waals surface area contributed by atoms with Gasteiger partial charge in [0.2, 0.25) is 0 Å². The van der Waals surface area contributed by atoms with Crippen LogP contribution in [0.15, 0.2) is 188 Å². The molecule has 0 N–H and O–H groups in total. The summed E-state index contributed by atoms with van der Waals surface area (Å²) in [4.78, 5) is 38.3. The summed E-state index contributed by atoms with van der Waals surface area (Å²) in [6.45, 7) is 2.26. The van der Waals surface area contributed by atoms with E-state index in [1.807, 2.05) is 103 Å². The summed E-state index contributed by atoms with van der Waals surface area (Å²) in [5, 5.41) is 0. The molecule has 4 heterocycles. The first-order chi connectivity index (χ1) is 27.6.